The maximum absolute atomic E-state index is 11.8. The van der Waals surface area contributed by atoms with E-state index in [1.54, 1.807) is 18.2 Å². The summed E-state index contributed by atoms with van der Waals surface area (Å²) in [6.45, 7) is 4.03. The number of carboxylic acid groups (broad SMARTS) is 1. The Morgan fingerprint density at radius 1 is 1.30 bits per heavy atom. The third-order valence-corrected chi connectivity index (χ3v) is 4.49. The summed E-state index contributed by atoms with van der Waals surface area (Å²) in [5.41, 5.74) is 1.96. The lowest BCUT2D eigenvalue weighted by Gasteiger charge is -2.43. The molecule has 2 N–H and O–H groups in total. The number of rotatable bonds is 3. The van der Waals surface area contributed by atoms with Crippen LogP contribution in [0, 0.1) is 5.92 Å². The van der Waals surface area contributed by atoms with Gasteiger partial charge in [-0.3, -0.25) is 0 Å². The zero-order chi connectivity index (χ0) is 16.4. The average Bonchev–Trinajstić information content (AvgIpc) is 2.54. The Morgan fingerprint density at radius 2 is 2.13 bits per heavy atom. The predicted octanol–water partition coefficient (Wildman–Crippen LogP) is 2.45. The molecular formula is C18H22N2O3. The van der Waals surface area contributed by atoms with E-state index in [9.17, 15) is 15.0 Å². The van der Waals surface area contributed by atoms with Crippen molar-refractivity contribution in [2.24, 2.45) is 5.92 Å². The lowest BCUT2D eigenvalue weighted by molar-refractivity contribution is -0.139. The molecule has 0 bridgehead atoms. The highest BCUT2D eigenvalue weighted by molar-refractivity contribution is 5.79. The Hall–Kier alpha value is -2.43. The Bertz CT molecular complexity index is 653. The second kappa shape index (κ2) is 6.36. The second-order valence-corrected chi connectivity index (χ2v) is 6.24. The number of carboxylic acids is 1. The van der Waals surface area contributed by atoms with Gasteiger partial charge in [-0.15, -0.1) is 0 Å². The van der Waals surface area contributed by atoms with Crippen molar-refractivity contribution in [3.05, 3.63) is 48.2 Å². The van der Waals surface area contributed by atoms with E-state index >= 15 is 0 Å². The standard InChI is InChI=1S/C18H22N2O3/c1-13-4-2-5-14(10-13)19-8-9-20(17(12-19)18(22)23)15-6-3-7-16(21)11-15/h2-7,11,13,17,21H,8-10,12H2,1H3,(H,22,23). The van der Waals surface area contributed by atoms with Gasteiger partial charge >= 0.3 is 5.97 Å². The summed E-state index contributed by atoms with van der Waals surface area (Å²) in [6.07, 6.45) is 7.26. The molecule has 2 unspecified atom stereocenters. The molecule has 2 aliphatic rings. The molecule has 3 rings (SSSR count). The van der Waals surface area contributed by atoms with Gasteiger partial charge in [-0.25, -0.2) is 4.79 Å². The van der Waals surface area contributed by atoms with Crippen LogP contribution in [0.1, 0.15) is 13.3 Å². The van der Waals surface area contributed by atoms with Gasteiger partial charge in [0.1, 0.15) is 11.8 Å². The van der Waals surface area contributed by atoms with Crippen molar-refractivity contribution in [1.29, 1.82) is 0 Å². The molecule has 5 heteroatoms. The Balaban J connectivity index is 1.80. The minimum absolute atomic E-state index is 0.156. The first-order chi connectivity index (χ1) is 11.0. The monoisotopic (exact) mass is 314 g/mol. The van der Waals surface area contributed by atoms with Crippen molar-refractivity contribution < 1.29 is 15.0 Å². The number of aliphatic carboxylic acids is 1. The summed E-state index contributed by atoms with van der Waals surface area (Å²) in [5.74, 6) is -0.191. The fourth-order valence-corrected chi connectivity index (χ4v) is 3.29. The smallest absolute Gasteiger partial charge is 0.328 e. The zero-order valence-electron chi connectivity index (χ0n) is 13.2. The van der Waals surface area contributed by atoms with Crippen LogP contribution in [0.2, 0.25) is 0 Å². The molecule has 5 nitrogen and oxygen atoms in total. The molecule has 1 saturated heterocycles. The van der Waals surface area contributed by atoms with Crippen molar-refractivity contribution in [1.82, 2.24) is 4.90 Å². The molecule has 0 aromatic heterocycles. The van der Waals surface area contributed by atoms with E-state index < -0.39 is 12.0 Å². The lowest BCUT2D eigenvalue weighted by Crippen LogP contribution is -2.56. The van der Waals surface area contributed by atoms with Crippen molar-refractivity contribution in [3.8, 4) is 5.75 Å². The number of carbonyl (C=O) groups is 1. The molecule has 0 amide bonds. The first-order valence-corrected chi connectivity index (χ1v) is 7.95. The maximum atomic E-state index is 11.8. The van der Waals surface area contributed by atoms with Gasteiger partial charge in [0.05, 0.1) is 0 Å². The van der Waals surface area contributed by atoms with E-state index in [2.05, 4.69) is 30.1 Å². The van der Waals surface area contributed by atoms with Crippen LogP contribution in [-0.4, -0.2) is 46.8 Å². The normalized spacial score (nSPS) is 24.5. The molecule has 23 heavy (non-hydrogen) atoms. The minimum atomic E-state index is -0.835. The van der Waals surface area contributed by atoms with Crippen LogP contribution in [0.5, 0.6) is 5.75 Å². The zero-order valence-corrected chi connectivity index (χ0v) is 13.2. The molecule has 122 valence electrons. The molecule has 1 aromatic rings. The number of anilines is 1. The fraction of sp³-hybridized carbons (Fsp3) is 0.389. The van der Waals surface area contributed by atoms with Gasteiger partial charge < -0.3 is 20.0 Å². The average molecular weight is 314 g/mol. The third-order valence-electron chi connectivity index (χ3n) is 4.49. The number of allylic oxidation sites excluding steroid dienone is 4. The highest BCUT2D eigenvalue weighted by Crippen LogP contribution is 2.28. The molecule has 0 saturated carbocycles. The maximum Gasteiger partial charge on any atom is 0.328 e. The van der Waals surface area contributed by atoms with E-state index in [1.807, 2.05) is 11.0 Å². The number of piperazine rings is 1. The molecular weight excluding hydrogens is 292 g/mol. The Labute approximate surface area is 136 Å². The van der Waals surface area contributed by atoms with Crippen LogP contribution in [0.4, 0.5) is 5.69 Å². The summed E-state index contributed by atoms with van der Waals surface area (Å²) in [4.78, 5) is 15.8. The largest absolute Gasteiger partial charge is 0.508 e. The first-order valence-electron chi connectivity index (χ1n) is 7.95. The van der Waals surface area contributed by atoms with Gasteiger partial charge in [-0.2, -0.15) is 0 Å². The van der Waals surface area contributed by atoms with Crippen LogP contribution >= 0.6 is 0 Å². The third kappa shape index (κ3) is 3.33. The summed E-state index contributed by atoms with van der Waals surface area (Å²) >= 11 is 0. The van der Waals surface area contributed by atoms with Gasteiger partial charge in [0.15, 0.2) is 0 Å². The van der Waals surface area contributed by atoms with E-state index in [-0.39, 0.29) is 5.75 Å². The quantitative estimate of drug-likeness (QED) is 0.897. The van der Waals surface area contributed by atoms with Crippen LogP contribution in [-0.2, 0) is 4.79 Å². The summed E-state index contributed by atoms with van der Waals surface area (Å²) in [5, 5.41) is 19.3. The molecule has 1 aliphatic heterocycles. The van der Waals surface area contributed by atoms with Crippen LogP contribution in [0.25, 0.3) is 0 Å². The molecule has 1 aromatic carbocycles. The molecule has 1 aliphatic carbocycles. The fourth-order valence-electron chi connectivity index (χ4n) is 3.29. The topological polar surface area (TPSA) is 64.0 Å². The summed E-state index contributed by atoms with van der Waals surface area (Å²) in [7, 11) is 0. The van der Waals surface area contributed by atoms with E-state index in [4.69, 9.17) is 0 Å². The van der Waals surface area contributed by atoms with Gasteiger partial charge in [0, 0.05) is 37.1 Å². The highest BCUT2D eigenvalue weighted by Gasteiger charge is 2.33. The number of hydrogen-bond acceptors (Lipinski definition) is 4. The summed E-state index contributed by atoms with van der Waals surface area (Å²) in [6, 6.07) is 6.18. The van der Waals surface area contributed by atoms with Gasteiger partial charge in [0.25, 0.3) is 0 Å². The predicted molar refractivity (Wildman–Crippen MR) is 89.5 cm³/mol. The van der Waals surface area contributed by atoms with Gasteiger partial charge in [0.2, 0.25) is 0 Å². The van der Waals surface area contributed by atoms with Gasteiger partial charge in [-0.1, -0.05) is 25.1 Å². The van der Waals surface area contributed by atoms with E-state index in [0.717, 1.165) is 18.7 Å². The number of phenols is 1. The van der Waals surface area contributed by atoms with Crippen LogP contribution in [0.15, 0.2) is 48.2 Å². The van der Waals surface area contributed by atoms with Gasteiger partial charge in [-0.05, 0) is 30.5 Å². The number of nitrogens with zero attached hydrogens (tertiary/aromatic N) is 2. The molecule has 0 radical (unpaired) electrons. The van der Waals surface area contributed by atoms with Crippen LogP contribution in [0.3, 0.4) is 0 Å². The Morgan fingerprint density at radius 3 is 2.83 bits per heavy atom. The van der Waals surface area contributed by atoms with E-state index in [0.29, 0.717) is 19.0 Å². The van der Waals surface area contributed by atoms with Crippen LogP contribution < -0.4 is 4.90 Å². The SMILES string of the molecule is CC1C=CC=C(N2CCN(c3cccc(O)c3)C(C(=O)O)C2)C1. The number of aromatic hydroxyl groups is 1. The molecule has 1 heterocycles. The lowest BCUT2D eigenvalue weighted by atomic mass is 9.98. The highest BCUT2D eigenvalue weighted by atomic mass is 16.4. The van der Waals surface area contributed by atoms with Crippen molar-refractivity contribution in [3.63, 3.8) is 0 Å². The number of phenolic OH excluding ortho intramolecular Hbond substituents is 1. The van der Waals surface area contributed by atoms with Crippen molar-refractivity contribution >= 4 is 11.7 Å². The molecule has 2 atom stereocenters. The molecule has 1 fully saturated rings. The minimum Gasteiger partial charge on any atom is -0.508 e. The number of hydrogen-bond donors (Lipinski definition) is 2. The first kappa shape index (κ1) is 15.5. The van der Waals surface area contributed by atoms with E-state index in [1.165, 1.54) is 5.70 Å². The van der Waals surface area contributed by atoms with Crippen molar-refractivity contribution in [2.45, 2.75) is 19.4 Å². The molecule has 0 spiro atoms. The number of benzene rings is 1. The Kier molecular flexibility index (Phi) is 4.28. The summed E-state index contributed by atoms with van der Waals surface area (Å²) < 4.78 is 0. The second-order valence-electron chi connectivity index (χ2n) is 6.24. The van der Waals surface area contributed by atoms with Crippen molar-refractivity contribution in [2.75, 3.05) is 24.5 Å².